The van der Waals surface area contributed by atoms with Crippen LogP contribution in [0.15, 0.2) is 78.2 Å². The average molecular weight is 402 g/mol. The SMILES string of the molecule is Cc1c(C2CC(c3ccncc3)=NO2)c2ccccc2n1Cc1ccc(Cl)cc1. The summed E-state index contributed by atoms with van der Waals surface area (Å²) in [5, 5.41) is 6.35. The Hall–Kier alpha value is -3.11. The first-order chi connectivity index (χ1) is 14.2. The largest absolute Gasteiger partial charge is 0.387 e. The quantitative estimate of drug-likeness (QED) is 0.426. The number of oxime groups is 1. The van der Waals surface area contributed by atoms with Crippen molar-refractivity contribution in [3.63, 3.8) is 0 Å². The van der Waals surface area contributed by atoms with Crippen LogP contribution in [-0.2, 0) is 11.4 Å². The Morgan fingerprint density at radius 3 is 2.59 bits per heavy atom. The van der Waals surface area contributed by atoms with Crippen molar-refractivity contribution in [3.05, 3.63) is 100 Å². The lowest BCUT2D eigenvalue weighted by Gasteiger charge is -2.12. The number of rotatable bonds is 4. The second-order valence-corrected chi connectivity index (χ2v) is 7.74. The highest BCUT2D eigenvalue weighted by molar-refractivity contribution is 6.30. The number of hydrogen-bond donors (Lipinski definition) is 0. The molecule has 1 atom stereocenters. The Morgan fingerprint density at radius 1 is 1.03 bits per heavy atom. The smallest absolute Gasteiger partial charge is 0.160 e. The monoisotopic (exact) mass is 401 g/mol. The number of pyridine rings is 1. The van der Waals surface area contributed by atoms with Gasteiger partial charge < -0.3 is 9.40 Å². The third-order valence-electron chi connectivity index (χ3n) is 5.54. The van der Waals surface area contributed by atoms with Crippen molar-refractivity contribution < 1.29 is 4.84 Å². The van der Waals surface area contributed by atoms with Crippen molar-refractivity contribution in [1.82, 2.24) is 9.55 Å². The second-order valence-electron chi connectivity index (χ2n) is 7.30. The molecule has 4 nitrogen and oxygen atoms in total. The number of nitrogens with zero attached hydrogens (tertiary/aromatic N) is 3. The Morgan fingerprint density at radius 2 is 1.79 bits per heavy atom. The van der Waals surface area contributed by atoms with Crippen molar-refractivity contribution in [2.75, 3.05) is 0 Å². The average Bonchev–Trinajstić information content (AvgIpc) is 3.34. The maximum atomic E-state index is 6.06. The number of hydrogen-bond acceptors (Lipinski definition) is 3. The first-order valence-electron chi connectivity index (χ1n) is 9.66. The van der Waals surface area contributed by atoms with Gasteiger partial charge in [0.2, 0.25) is 0 Å². The van der Waals surface area contributed by atoms with Crippen LogP contribution in [0, 0.1) is 6.92 Å². The molecule has 0 aliphatic carbocycles. The van der Waals surface area contributed by atoms with E-state index in [1.807, 2.05) is 24.3 Å². The van der Waals surface area contributed by atoms with E-state index in [2.05, 4.69) is 58.0 Å². The fourth-order valence-corrected chi connectivity index (χ4v) is 4.21. The Bertz CT molecular complexity index is 1200. The van der Waals surface area contributed by atoms with Crippen molar-refractivity contribution in [1.29, 1.82) is 0 Å². The van der Waals surface area contributed by atoms with E-state index in [9.17, 15) is 0 Å². The number of benzene rings is 2. The summed E-state index contributed by atoms with van der Waals surface area (Å²) in [6.45, 7) is 2.95. The van der Waals surface area contributed by atoms with Gasteiger partial charge in [0.25, 0.3) is 0 Å². The van der Waals surface area contributed by atoms with Gasteiger partial charge in [-0.25, -0.2) is 0 Å². The normalized spacial score (nSPS) is 16.1. The zero-order chi connectivity index (χ0) is 19.8. The zero-order valence-corrected chi connectivity index (χ0v) is 16.8. The third kappa shape index (κ3) is 3.30. The Labute approximate surface area is 174 Å². The van der Waals surface area contributed by atoms with Gasteiger partial charge in [-0.1, -0.05) is 47.1 Å². The predicted molar refractivity (Wildman–Crippen MR) is 116 cm³/mol. The Balaban J connectivity index is 1.52. The van der Waals surface area contributed by atoms with Crippen molar-refractivity contribution in [2.24, 2.45) is 5.16 Å². The summed E-state index contributed by atoms with van der Waals surface area (Å²) in [7, 11) is 0. The number of halogens is 1. The summed E-state index contributed by atoms with van der Waals surface area (Å²) in [5.74, 6) is 0. The van der Waals surface area contributed by atoms with E-state index in [1.165, 1.54) is 27.7 Å². The van der Waals surface area contributed by atoms with Gasteiger partial charge in [0.15, 0.2) is 6.10 Å². The molecular weight excluding hydrogens is 382 g/mol. The number of fused-ring (bicyclic) bond motifs is 1. The molecule has 4 aromatic rings. The molecule has 0 bridgehead atoms. The summed E-state index contributed by atoms with van der Waals surface area (Å²) in [6.07, 6.45) is 4.23. The summed E-state index contributed by atoms with van der Waals surface area (Å²) >= 11 is 6.06. The van der Waals surface area contributed by atoms with E-state index in [1.54, 1.807) is 12.4 Å². The maximum Gasteiger partial charge on any atom is 0.160 e. The lowest BCUT2D eigenvalue weighted by Crippen LogP contribution is -2.05. The summed E-state index contributed by atoms with van der Waals surface area (Å²) in [6, 6.07) is 20.5. The highest BCUT2D eigenvalue weighted by Gasteiger charge is 2.29. The molecule has 0 fully saturated rings. The molecule has 0 spiro atoms. The molecule has 0 amide bonds. The minimum absolute atomic E-state index is 0.0884. The minimum Gasteiger partial charge on any atom is -0.387 e. The van der Waals surface area contributed by atoms with Crippen LogP contribution in [0.5, 0.6) is 0 Å². The molecule has 3 heterocycles. The zero-order valence-electron chi connectivity index (χ0n) is 16.0. The van der Waals surface area contributed by atoms with Gasteiger partial charge >= 0.3 is 0 Å². The minimum atomic E-state index is -0.0884. The molecule has 29 heavy (non-hydrogen) atoms. The molecular formula is C24H20ClN3O. The molecule has 1 aliphatic rings. The summed E-state index contributed by atoms with van der Waals surface area (Å²) in [4.78, 5) is 10.0. The van der Waals surface area contributed by atoms with Crippen molar-refractivity contribution in [2.45, 2.75) is 26.0 Å². The van der Waals surface area contributed by atoms with Crippen molar-refractivity contribution in [3.8, 4) is 0 Å². The van der Waals surface area contributed by atoms with Crippen LogP contribution in [0.2, 0.25) is 5.02 Å². The number of aromatic nitrogens is 2. The maximum absolute atomic E-state index is 6.06. The highest BCUT2D eigenvalue weighted by Crippen LogP contribution is 2.38. The van der Waals surface area contributed by atoms with Crippen LogP contribution in [0.25, 0.3) is 10.9 Å². The van der Waals surface area contributed by atoms with E-state index < -0.39 is 0 Å². The van der Waals surface area contributed by atoms with Crippen LogP contribution >= 0.6 is 11.6 Å². The first-order valence-corrected chi connectivity index (χ1v) is 10.0. The summed E-state index contributed by atoms with van der Waals surface area (Å²) in [5.41, 5.74) is 6.86. The van der Waals surface area contributed by atoms with Crippen LogP contribution < -0.4 is 0 Å². The molecule has 0 saturated carbocycles. The molecule has 1 unspecified atom stereocenters. The highest BCUT2D eigenvalue weighted by atomic mass is 35.5. The lowest BCUT2D eigenvalue weighted by molar-refractivity contribution is 0.0861. The van der Waals surface area contributed by atoms with Gasteiger partial charge in [-0.2, -0.15) is 0 Å². The van der Waals surface area contributed by atoms with Crippen LogP contribution in [0.3, 0.4) is 0 Å². The molecule has 2 aromatic heterocycles. The van der Waals surface area contributed by atoms with Crippen LogP contribution in [0.4, 0.5) is 0 Å². The Kier molecular flexibility index (Phi) is 4.57. The van der Waals surface area contributed by atoms with Gasteiger partial charge in [-0.05, 0) is 42.8 Å². The van der Waals surface area contributed by atoms with Crippen LogP contribution in [-0.4, -0.2) is 15.3 Å². The van der Waals surface area contributed by atoms with Gasteiger partial charge in [0.1, 0.15) is 0 Å². The third-order valence-corrected chi connectivity index (χ3v) is 5.79. The van der Waals surface area contributed by atoms with E-state index in [0.717, 1.165) is 29.3 Å². The molecule has 0 radical (unpaired) electrons. The fraction of sp³-hybridized carbons (Fsp3) is 0.167. The molecule has 2 aromatic carbocycles. The molecule has 144 valence electrons. The molecule has 5 heteroatoms. The van der Waals surface area contributed by atoms with Crippen LogP contribution in [0.1, 0.15) is 34.9 Å². The van der Waals surface area contributed by atoms with Gasteiger partial charge in [-0.15, -0.1) is 0 Å². The summed E-state index contributed by atoms with van der Waals surface area (Å²) < 4.78 is 2.35. The van der Waals surface area contributed by atoms with Crippen molar-refractivity contribution >= 4 is 28.2 Å². The molecule has 0 saturated heterocycles. The number of para-hydroxylation sites is 1. The van der Waals surface area contributed by atoms with E-state index in [0.29, 0.717) is 0 Å². The topological polar surface area (TPSA) is 39.4 Å². The van der Waals surface area contributed by atoms with Gasteiger partial charge in [-0.3, -0.25) is 4.98 Å². The van der Waals surface area contributed by atoms with E-state index in [4.69, 9.17) is 16.4 Å². The predicted octanol–water partition coefficient (Wildman–Crippen LogP) is 5.91. The fourth-order valence-electron chi connectivity index (χ4n) is 4.09. The molecule has 1 aliphatic heterocycles. The molecule has 5 rings (SSSR count). The molecule has 0 N–H and O–H groups in total. The lowest BCUT2D eigenvalue weighted by atomic mass is 9.99. The standard InChI is InChI=1S/C24H20ClN3O/c1-16-24(23-14-21(27-29-23)18-10-12-26-13-11-18)20-4-2-3-5-22(20)28(16)15-17-6-8-19(25)9-7-17/h2-13,23H,14-15H2,1H3. The second kappa shape index (κ2) is 7.37. The van der Waals surface area contributed by atoms with E-state index in [-0.39, 0.29) is 6.10 Å². The van der Waals surface area contributed by atoms with Gasteiger partial charge in [0, 0.05) is 58.1 Å². The first kappa shape index (κ1) is 18.0. The van der Waals surface area contributed by atoms with Gasteiger partial charge in [0.05, 0.1) is 5.71 Å². The van der Waals surface area contributed by atoms with E-state index >= 15 is 0 Å².